The van der Waals surface area contributed by atoms with Gasteiger partial charge in [0, 0.05) is 25.2 Å². The second-order valence-electron chi connectivity index (χ2n) is 15.7. The number of allylic oxidation sites excluding steroid dienone is 2. The van der Waals surface area contributed by atoms with Crippen LogP contribution in [0.3, 0.4) is 0 Å². The van der Waals surface area contributed by atoms with Crippen LogP contribution in [0.2, 0.25) is 0 Å². The van der Waals surface area contributed by atoms with Gasteiger partial charge in [-0.25, -0.2) is 4.57 Å². The van der Waals surface area contributed by atoms with Crippen molar-refractivity contribution in [3.05, 3.63) is 24.3 Å². The molecule has 0 amide bonds. The Hall–Kier alpha value is -1.63. The van der Waals surface area contributed by atoms with Gasteiger partial charge in [-0.15, -0.1) is 0 Å². The molecule has 0 bridgehead atoms. The SMILES string of the molecule is CCCCC[C@H](O)/C=C/[C@H]1OC(O)C[C@H](O)[C@@H]1C/C=C\CCCC(=O)OC[C@H](COP(=O)(O)O)OC(=O)CCCCCCCCCCCCCCCC(C)C. The highest BCUT2D eigenvalue weighted by molar-refractivity contribution is 7.46. The fourth-order valence-electron chi connectivity index (χ4n) is 6.66. The topological polar surface area (TPSA) is 189 Å². The molecule has 1 saturated heterocycles. The lowest BCUT2D eigenvalue weighted by atomic mass is 9.87. The van der Waals surface area contributed by atoms with Crippen molar-refractivity contribution in [2.45, 2.75) is 206 Å². The van der Waals surface area contributed by atoms with Crippen LogP contribution in [0.4, 0.5) is 0 Å². The first-order valence-electron chi connectivity index (χ1n) is 21.4. The Balaban J connectivity index is 2.31. The predicted octanol–water partition coefficient (Wildman–Crippen LogP) is 8.76. The molecule has 1 heterocycles. The molecule has 1 unspecified atom stereocenters. The van der Waals surface area contributed by atoms with Crippen molar-refractivity contribution in [1.82, 2.24) is 0 Å². The lowest BCUT2D eigenvalue weighted by Crippen LogP contribution is -2.43. The van der Waals surface area contributed by atoms with Gasteiger partial charge in [0.2, 0.25) is 0 Å². The van der Waals surface area contributed by atoms with Crippen molar-refractivity contribution in [2.75, 3.05) is 13.2 Å². The van der Waals surface area contributed by atoms with Crippen molar-refractivity contribution in [2.24, 2.45) is 11.8 Å². The molecule has 1 rings (SSSR count). The number of aliphatic hydroxyl groups excluding tert-OH is 3. The average molecular weight is 805 g/mol. The molecule has 6 atom stereocenters. The van der Waals surface area contributed by atoms with E-state index in [2.05, 4.69) is 25.3 Å². The summed E-state index contributed by atoms with van der Waals surface area (Å²) in [6.45, 7) is 5.68. The molecular formula is C42H77O12P. The first kappa shape index (κ1) is 51.4. The molecule has 1 aliphatic rings. The number of phosphoric ester groups is 1. The minimum Gasteiger partial charge on any atom is -0.462 e. The highest BCUT2D eigenvalue weighted by atomic mass is 31.2. The van der Waals surface area contributed by atoms with Crippen LogP contribution >= 0.6 is 7.82 Å². The van der Waals surface area contributed by atoms with E-state index in [1.807, 2.05) is 12.2 Å². The van der Waals surface area contributed by atoms with Crippen molar-refractivity contribution in [3.8, 4) is 0 Å². The molecule has 12 nitrogen and oxygen atoms in total. The molecule has 0 aromatic rings. The van der Waals surface area contributed by atoms with Gasteiger partial charge < -0.3 is 39.3 Å². The number of phosphoric acid groups is 1. The van der Waals surface area contributed by atoms with Crippen LogP contribution < -0.4 is 0 Å². The molecule has 5 N–H and O–H groups in total. The molecule has 1 fully saturated rings. The van der Waals surface area contributed by atoms with Gasteiger partial charge in [-0.3, -0.25) is 14.1 Å². The van der Waals surface area contributed by atoms with E-state index in [0.29, 0.717) is 32.1 Å². The quantitative estimate of drug-likeness (QED) is 0.0180. The number of rotatable bonds is 34. The zero-order chi connectivity index (χ0) is 40.7. The van der Waals surface area contributed by atoms with Gasteiger partial charge in [0.1, 0.15) is 6.61 Å². The van der Waals surface area contributed by atoms with E-state index in [4.69, 9.17) is 24.0 Å². The first-order chi connectivity index (χ1) is 26.3. The van der Waals surface area contributed by atoms with Crippen LogP contribution in [-0.4, -0.2) is 81.0 Å². The number of ether oxygens (including phenoxy) is 3. The van der Waals surface area contributed by atoms with Crippen molar-refractivity contribution in [3.63, 3.8) is 0 Å². The number of esters is 2. The van der Waals surface area contributed by atoms with E-state index >= 15 is 0 Å². The lowest BCUT2D eigenvalue weighted by Gasteiger charge is -2.36. The third-order valence-electron chi connectivity index (χ3n) is 9.95. The Morgan fingerprint density at radius 1 is 0.782 bits per heavy atom. The van der Waals surface area contributed by atoms with Gasteiger partial charge in [-0.1, -0.05) is 148 Å². The lowest BCUT2D eigenvalue weighted by molar-refractivity contribution is -0.199. The second kappa shape index (κ2) is 32.3. The number of aliphatic hydroxyl groups is 3. The van der Waals surface area contributed by atoms with Gasteiger partial charge in [0.25, 0.3) is 0 Å². The number of hydrogen-bond acceptors (Lipinski definition) is 10. The maximum Gasteiger partial charge on any atom is 0.469 e. The van der Waals surface area contributed by atoms with Crippen LogP contribution in [0.5, 0.6) is 0 Å². The largest absolute Gasteiger partial charge is 0.469 e. The average Bonchev–Trinajstić information content (AvgIpc) is 3.11. The highest BCUT2D eigenvalue weighted by Gasteiger charge is 2.35. The molecule has 1 aliphatic heterocycles. The summed E-state index contributed by atoms with van der Waals surface area (Å²) in [6.07, 6.45) is 25.2. The smallest absolute Gasteiger partial charge is 0.462 e. The van der Waals surface area contributed by atoms with Crippen LogP contribution in [0.25, 0.3) is 0 Å². The van der Waals surface area contributed by atoms with Crippen molar-refractivity contribution < 1.29 is 58.0 Å². The molecule has 13 heteroatoms. The fraction of sp³-hybridized carbons (Fsp3) is 0.857. The van der Waals surface area contributed by atoms with E-state index in [1.54, 1.807) is 12.2 Å². The van der Waals surface area contributed by atoms with Crippen molar-refractivity contribution >= 4 is 19.8 Å². The standard InChI is InChI=1S/C42H77O12P/c1-4-5-19-25-35(43)29-30-39-37(38(44)31-42(47)54-39)26-21-17-18-22-27-40(45)51-32-36(33-52-55(48,49)50)53-41(46)28-23-16-14-12-10-8-6-7-9-11-13-15-20-24-34(2)3/h17,21,29-30,34-39,42-44,47H,4-16,18-20,22-28,31-33H2,1-3H3,(H2,48,49,50)/b21-17-,30-29+/t35-,36+,37-,38-,39+,42?/m0/s1. The summed E-state index contributed by atoms with van der Waals surface area (Å²) < 4.78 is 32.0. The monoisotopic (exact) mass is 805 g/mol. The van der Waals surface area contributed by atoms with E-state index in [-0.39, 0.29) is 31.8 Å². The molecule has 0 aromatic carbocycles. The van der Waals surface area contributed by atoms with Gasteiger partial charge >= 0.3 is 19.8 Å². The van der Waals surface area contributed by atoms with Crippen LogP contribution in [-0.2, 0) is 32.9 Å². The van der Waals surface area contributed by atoms with Gasteiger partial charge in [-0.05, 0) is 38.0 Å². The van der Waals surface area contributed by atoms with E-state index in [0.717, 1.165) is 44.4 Å². The summed E-state index contributed by atoms with van der Waals surface area (Å²) in [7, 11) is -4.82. The Labute approximate surface area is 332 Å². The number of carbonyl (C=O) groups is 2. The molecule has 0 radical (unpaired) electrons. The number of unbranched alkanes of at least 4 members (excludes halogenated alkanes) is 15. The predicted molar refractivity (Wildman–Crippen MR) is 215 cm³/mol. The summed E-state index contributed by atoms with van der Waals surface area (Å²) in [5.74, 6) is -0.576. The van der Waals surface area contributed by atoms with Gasteiger partial charge in [0.15, 0.2) is 12.4 Å². The summed E-state index contributed by atoms with van der Waals surface area (Å²) in [5.41, 5.74) is 0. The Bertz CT molecular complexity index is 1080. The minimum atomic E-state index is -4.82. The van der Waals surface area contributed by atoms with E-state index in [9.17, 15) is 29.5 Å². The fourth-order valence-corrected chi connectivity index (χ4v) is 7.02. The van der Waals surface area contributed by atoms with Crippen LogP contribution in [0, 0.1) is 11.8 Å². The van der Waals surface area contributed by atoms with Gasteiger partial charge in [-0.2, -0.15) is 0 Å². The third kappa shape index (κ3) is 30.2. The zero-order valence-electron chi connectivity index (χ0n) is 34.3. The Morgan fingerprint density at radius 2 is 1.36 bits per heavy atom. The molecule has 0 saturated carbocycles. The van der Waals surface area contributed by atoms with E-state index in [1.165, 1.54) is 64.2 Å². The molecule has 322 valence electrons. The Morgan fingerprint density at radius 3 is 1.96 bits per heavy atom. The normalized spacial score (nSPS) is 20.4. The van der Waals surface area contributed by atoms with E-state index < -0.39 is 57.1 Å². The molecule has 0 spiro atoms. The van der Waals surface area contributed by atoms with Crippen LogP contribution in [0.1, 0.15) is 175 Å². The van der Waals surface area contributed by atoms with Crippen LogP contribution in [0.15, 0.2) is 24.3 Å². The first-order valence-corrected chi connectivity index (χ1v) is 22.9. The number of hydrogen-bond donors (Lipinski definition) is 5. The van der Waals surface area contributed by atoms with Crippen molar-refractivity contribution in [1.29, 1.82) is 0 Å². The summed E-state index contributed by atoms with van der Waals surface area (Å²) in [6, 6.07) is 0. The maximum atomic E-state index is 12.5. The summed E-state index contributed by atoms with van der Waals surface area (Å²) in [5, 5.41) is 30.8. The summed E-state index contributed by atoms with van der Waals surface area (Å²) in [4.78, 5) is 43.1. The molecule has 55 heavy (non-hydrogen) atoms. The maximum absolute atomic E-state index is 12.5. The molecule has 0 aromatic heterocycles. The molecular weight excluding hydrogens is 727 g/mol. The zero-order valence-corrected chi connectivity index (χ0v) is 35.2. The highest BCUT2D eigenvalue weighted by Crippen LogP contribution is 2.36. The van der Waals surface area contributed by atoms with Gasteiger partial charge in [0.05, 0.1) is 24.9 Å². The summed E-state index contributed by atoms with van der Waals surface area (Å²) >= 11 is 0. The third-order valence-corrected chi connectivity index (χ3v) is 10.4. The number of carbonyl (C=O) groups excluding carboxylic acids is 2. The second-order valence-corrected chi connectivity index (χ2v) is 16.9. The molecule has 0 aliphatic carbocycles. The minimum absolute atomic E-state index is 0.0750. The Kier molecular flexibility index (Phi) is 30.2.